The summed E-state index contributed by atoms with van der Waals surface area (Å²) in [6.07, 6.45) is 2.57. The zero-order valence-electron chi connectivity index (χ0n) is 6.72. The molecule has 0 amide bonds. The van der Waals surface area contributed by atoms with Gasteiger partial charge in [0.2, 0.25) is 0 Å². The van der Waals surface area contributed by atoms with Crippen molar-refractivity contribution < 1.29 is 10.2 Å². The van der Waals surface area contributed by atoms with Crippen molar-refractivity contribution in [2.45, 2.75) is 11.3 Å². The van der Waals surface area contributed by atoms with E-state index in [0.29, 0.717) is 10.9 Å². The Morgan fingerprint density at radius 3 is 2.62 bits per heavy atom. The van der Waals surface area contributed by atoms with Crippen molar-refractivity contribution in [1.82, 2.24) is 9.97 Å². The van der Waals surface area contributed by atoms with Gasteiger partial charge in [-0.25, -0.2) is 9.97 Å². The summed E-state index contributed by atoms with van der Waals surface area (Å²) in [6, 6.07) is 0. The SMILES string of the molecule is OCC(O)CSc1ncc(Br)cn1. The lowest BCUT2D eigenvalue weighted by molar-refractivity contribution is 0.113. The molecule has 0 saturated heterocycles. The van der Waals surface area contributed by atoms with Crippen LogP contribution in [0.3, 0.4) is 0 Å². The second-order valence-corrected chi connectivity index (χ2v) is 4.23. The molecule has 0 saturated carbocycles. The summed E-state index contributed by atoms with van der Waals surface area (Å²) in [7, 11) is 0. The van der Waals surface area contributed by atoms with Gasteiger partial charge in [-0.15, -0.1) is 0 Å². The first kappa shape index (κ1) is 10.9. The first-order chi connectivity index (χ1) is 6.22. The van der Waals surface area contributed by atoms with E-state index in [2.05, 4.69) is 25.9 Å². The van der Waals surface area contributed by atoms with Crippen LogP contribution in [-0.4, -0.2) is 38.6 Å². The third-order valence-corrected chi connectivity index (χ3v) is 2.64. The van der Waals surface area contributed by atoms with E-state index >= 15 is 0 Å². The maximum atomic E-state index is 9.04. The van der Waals surface area contributed by atoms with E-state index in [9.17, 15) is 0 Å². The molecule has 1 rings (SSSR count). The number of aliphatic hydroxyl groups is 2. The highest BCUT2D eigenvalue weighted by Crippen LogP contribution is 2.14. The summed E-state index contributed by atoms with van der Waals surface area (Å²) in [5.41, 5.74) is 0. The first-order valence-corrected chi connectivity index (χ1v) is 5.39. The predicted molar refractivity (Wildman–Crippen MR) is 53.5 cm³/mol. The minimum Gasteiger partial charge on any atom is -0.394 e. The molecular weight excluding hydrogens is 256 g/mol. The third-order valence-electron chi connectivity index (χ3n) is 1.21. The summed E-state index contributed by atoms with van der Waals surface area (Å²) in [5.74, 6) is 0.401. The number of thioether (sulfide) groups is 1. The van der Waals surface area contributed by atoms with Crippen molar-refractivity contribution >= 4 is 27.7 Å². The average molecular weight is 265 g/mol. The molecule has 13 heavy (non-hydrogen) atoms. The lowest BCUT2D eigenvalue weighted by Gasteiger charge is -2.04. The topological polar surface area (TPSA) is 66.2 Å². The molecule has 0 aliphatic rings. The molecule has 1 heterocycles. The fourth-order valence-electron chi connectivity index (χ4n) is 0.598. The summed E-state index contributed by atoms with van der Waals surface area (Å²) < 4.78 is 0.819. The molecule has 1 unspecified atom stereocenters. The normalized spacial score (nSPS) is 12.8. The Kier molecular flexibility index (Phi) is 4.65. The summed E-state index contributed by atoms with van der Waals surface area (Å²) in [4.78, 5) is 7.99. The maximum Gasteiger partial charge on any atom is 0.187 e. The van der Waals surface area contributed by atoms with Crippen molar-refractivity contribution in [1.29, 1.82) is 0 Å². The van der Waals surface area contributed by atoms with Gasteiger partial charge in [-0.1, -0.05) is 11.8 Å². The lowest BCUT2D eigenvalue weighted by atomic mass is 10.4. The maximum absolute atomic E-state index is 9.04. The minimum absolute atomic E-state index is 0.233. The fourth-order valence-corrected chi connectivity index (χ4v) is 1.50. The van der Waals surface area contributed by atoms with E-state index in [4.69, 9.17) is 10.2 Å². The zero-order chi connectivity index (χ0) is 9.68. The number of nitrogens with zero attached hydrogens (tertiary/aromatic N) is 2. The molecule has 0 fully saturated rings. The molecule has 0 aliphatic carbocycles. The molecule has 0 bridgehead atoms. The van der Waals surface area contributed by atoms with Gasteiger partial charge in [-0.2, -0.15) is 0 Å². The summed E-state index contributed by atoms with van der Waals surface area (Å²) in [5, 5.41) is 18.2. The van der Waals surface area contributed by atoms with Gasteiger partial charge in [0, 0.05) is 18.1 Å². The Morgan fingerprint density at radius 2 is 2.08 bits per heavy atom. The van der Waals surface area contributed by atoms with Crippen molar-refractivity contribution in [2.75, 3.05) is 12.4 Å². The monoisotopic (exact) mass is 264 g/mol. The van der Waals surface area contributed by atoms with E-state index < -0.39 is 6.10 Å². The van der Waals surface area contributed by atoms with Gasteiger partial charge < -0.3 is 10.2 Å². The Morgan fingerprint density at radius 1 is 1.46 bits per heavy atom. The average Bonchev–Trinajstić information content (AvgIpc) is 2.16. The molecule has 0 aliphatic heterocycles. The summed E-state index contributed by atoms with van der Waals surface area (Å²) in [6.45, 7) is -0.233. The van der Waals surface area contributed by atoms with E-state index in [1.54, 1.807) is 12.4 Å². The number of hydrogen-bond donors (Lipinski definition) is 2. The highest BCUT2D eigenvalue weighted by Gasteiger charge is 2.04. The molecule has 0 spiro atoms. The Bertz CT molecular complexity index is 257. The van der Waals surface area contributed by atoms with Crippen LogP contribution in [0, 0.1) is 0 Å². The van der Waals surface area contributed by atoms with Crippen LogP contribution in [-0.2, 0) is 0 Å². The molecule has 1 aromatic rings. The van der Waals surface area contributed by atoms with Gasteiger partial charge in [0.1, 0.15) is 0 Å². The number of halogens is 1. The van der Waals surface area contributed by atoms with Crippen molar-refractivity contribution in [2.24, 2.45) is 0 Å². The molecule has 2 N–H and O–H groups in total. The van der Waals surface area contributed by atoms with E-state index in [-0.39, 0.29) is 6.61 Å². The van der Waals surface area contributed by atoms with Gasteiger partial charge in [0.05, 0.1) is 17.2 Å². The number of aromatic nitrogens is 2. The van der Waals surface area contributed by atoms with Crippen LogP contribution < -0.4 is 0 Å². The number of hydrogen-bond acceptors (Lipinski definition) is 5. The smallest absolute Gasteiger partial charge is 0.187 e. The van der Waals surface area contributed by atoms with E-state index in [1.807, 2.05) is 0 Å². The third kappa shape index (κ3) is 4.04. The van der Waals surface area contributed by atoms with Gasteiger partial charge in [-0.05, 0) is 15.9 Å². The van der Waals surface area contributed by atoms with Gasteiger partial charge >= 0.3 is 0 Å². The molecule has 0 aromatic carbocycles. The van der Waals surface area contributed by atoms with E-state index in [0.717, 1.165) is 4.47 Å². The van der Waals surface area contributed by atoms with Crippen LogP contribution in [0.2, 0.25) is 0 Å². The largest absolute Gasteiger partial charge is 0.394 e. The molecule has 1 aromatic heterocycles. The van der Waals surface area contributed by atoms with Gasteiger partial charge in [0.15, 0.2) is 5.16 Å². The van der Waals surface area contributed by atoms with Crippen molar-refractivity contribution in [3.63, 3.8) is 0 Å². The second kappa shape index (κ2) is 5.54. The molecular formula is C7H9BrN2O2S. The zero-order valence-corrected chi connectivity index (χ0v) is 9.12. The fraction of sp³-hybridized carbons (Fsp3) is 0.429. The lowest BCUT2D eigenvalue weighted by Crippen LogP contribution is -2.14. The standard InChI is InChI=1S/C7H9BrN2O2S/c8-5-1-9-7(10-2-5)13-4-6(12)3-11/h1-2,6,11-12H,3-4H2. The summed E-state index contributed by atoms with van der Waals surface area (Å²) >= 11 is 4.52. The van der Waals surface area contributed by atoms with Gasteiger partial charge in [-0.3, -0.25) is 0 Å². The highest BCUT2D eigenvalue weighted by molar-refractivity contribution is 9.10. The molecule has 72 valence electrons. The quantitative estimate of drug-likeness (QED) is 0.619. The molecule has 1 atom stereocenters. The van der Waals surface area contributed by atoms with Crippen LogP contribution in [0.1, 0.15) is 0 Å². The van der Waals surface area contributed by atoms with Crippen LogP contribution >= 0.6 is 27.7 Å². The van der Waals surface area contributed by atoms with Crippen molar-refractivity contribution in [3.05, 3.63) is 16.9 Å². The molecule has 4 nitrogen and oxygen atoms in total. The minimum atomic E-state index is -0.711. The highest BCUT2D eigenvalue weighted by atomic mass is 79.9. The second-order valence-electron chi connectivity index (χ2n) is 2.33. The molecule has 6 heteroatoms. The van der Waals surface area contributed by atoms with E-state index in [1.165, 1.54) is 11.8 Å². The first-order valence-electron chi connectivity index (χ1n) is 3.61. The van der Waals surface area contributed by atoms with Crippen molar-refractivity contribution in [3.8, 4) is 0 Å². The predicted octanol–water partition coefficient (Wildman–Crippen LogP) is 0.684. The number of rotatable bonds is 4. The van der Waals surface area contributed by atoms with Crippen LogP contribution in [0.15, 0.2) is 22.0 Å². The Labute approximate surface area is 88.5 Å². The number of aliphatic hydroxyl groups excluding tert-OH is 2. The van der Waals surface area contributed by atoms with Gasteiger partial charge in [0.25, 0.3) is 0 Å². The Balaban J connectivity index is 2.41. The molecule has 0 radical (unpaired) electrons. The van der Waals surface area contributed by atoms with Crippen LogP contribution in [0.25, 0.3) is 0 Å². The van der Waals surface area contributed by atoms with Crippen LogP contribution in [0.4, 0.5) is 0 Å². The Hall–Kier alpha value is -0.170. The van der Waals surface area contributed by atoms with Crippen LogP contribution in [0.5, 0.6) is 0 Å².